The number of hydrogen-bond acceptors (Lipinski definition) is 3. The van der Waals surface area contributed by atoms with Crippen LogP contribution in [-0.2, 0) is 14.0 Å². The number of hydrogen-bond donors (Lipinski definition) is 0. The highest BCUT2D eigenvalue weighted by Gasteiger charge is 2.21. The molecule has 4 heteroatoms. The molecule has 20 heavy (non-hydrogen) atoms. The number of carbonyl (C=O) groups is 1. The molecule has 0 aromatic carbocycles. The molecule has 1 aliphatic carbocycles. The molecule has 114 valence electrons. The summed E-state index contributed by atoms with van der Waals surface area (Å²) in [6.45, 7) is 6.72. The lowest BCUT2D eigenvalue weighted by Crippen LogP contribution is -2.26. The highest BCUT2D eigenvalue weighted by Crippen LogP contribution is 2.31. The van der Waals surface area contributed by atoms with Crippen LogP contribution in [0.1, 0.15) is 44.9 Å². The zero-order valence-electron chi connectivity index (χ0n) is 13.3. The lowest BCUT2D eigenvalue weighted by Gasteiger charge is -2.27. The summed E-state index contributed by atoms with van der Waals surface area (Å²) in [6.07, 6.45) is 11.3. The van der Waals surface area contributed by atoms with Gasteiger partial charge in [-0.1, -0.05) is 6.08 Å². The van der Waals surface area contributed by atoms with Crippen molar-refractivity contribution >= 4 is 14.3 Å². The van der Waals surface area contributed by atoms with Crippen LogP contribution in [0.5, 0.6) is 0 Å². The molecule has 0 bridgehead atoms. The van der Waals surface area contributed by atoms with E-state index in [2.05, 4.69) is 24.4 Å². The average Bonchev–Trinajstić information content (AvgIpc) is 2.38. The Morgan fingerprint density at radius 1 is 1.25 bits per heavy atom. The van der Waals surface area contributed by atoms with Gasteiger partial charge in [-0.3, -0.25) is 0 Å². The number of rotatable bonds is 7. The van der Waals surface area contributed by atoms with Gasteiger partial charge in [0.25, 0.3) is 0 Å². The molecule has 0 N–H and O–H groups in total. The van der Waals surface area contributed by atoms with Gasteiger partial charge in [-0.25, -0.2) is 4.79 Å². The summed E-state index contributed by atoms with van der Waals surface area (Å²) in [5.41, 5.74) is 1.50. The molecule has 0 saturated heterocycles. The van der Waals surface area contributed by atoms with Gasteiger partial charge >= 0.3 is 5.97 Å². The van der Waals surface area contributed by atoms with E-state index >= 15 is 0 Å². The monoisotopic (exact) mass is 296 g/mol. The van der Waals surface area contributed by atoms with E-state index in [0.29, 0.717) is 0 Å². The summed E-state index contributed by atoms with van der Waals surface area (Å²) >= 11 is 0. The van der Waals surface area contributed by atoms with Gasteiger partial charge < -0.3 is 9.16 Å². The highest BCUT2D eigenvalue weighted by molar-refractivity contribution is 6.70. The van der Waals surface area contributed by atoms with Gasteiger partial charge in [-0.15, -0.1) is 0 Å². The SMILES string of the molecule is COC(=O)/C=C/CCCC1=C(O[Si](C)(C)C)CCCC1. The lowest BCUT2D eigenvalue weighted by molar-refractivity contribution is -0.134. The standard InChI is InChI=1S/C16H28O3Si/c1-18-16(17)13-7-5-6-10-14-11-8-9-12-15(14)19-20(2,3)4/h7,13H,5-6,8-12H2,1-4H3/b13-7+. The molecular weight excluding hydrogens is 268 g/mol. The van der Waals surface area contributed by atoms with Gasteiger partial charge in [0.15, 0.2) is 0 Å². The maximum atomic E-state index is 11.0. The topological polar surface area (TPSA) is 35.5 Å². The van der Waals surface area contributed by atoms with E-state index in [-0.39, 0.29) is 5.97 Å². The van der Waals surface area contributed by atoms with E-state index in [1.807, 2.05) is 6.08 Å². The normalized spacial score (nSPS) is 16.6. The molecule has 0 amide bonds. The Kier molecular flexibility index (Phi) is 7.06. The molecule has 0 radical (unpaired) electrons. The third-order valence-corrected chi connectivity index (χ3v) is 4.12. The second-order valence-corrected chi connectivity index (χ2v) is 10.7. The fourth-order valence-corrected chi connectivity index (χ4v) is 3.36. The van der Waals surface area contributed by atoms with Crippen LogP contribution in [0, 0.1) is 0 Å². The maximum absolute atomic E-state index is 11.0. The first-order valence-electron chi connectivity index (χ1n) is 7.57. The van der Waals surface area contributed by atoms with Gasteiger partial charge in [0, 0.05) is 12.5 Å². The molecule has 0 aromatic heterocycles. The van der Waals surface area contributed by atoms with Crippen molar-refractivity contribution in [3.63, 3.8) is 0 Å². The molecule has 3 nitrogen and oxygen atoms in total. The molecule has 0 saturated carbocycles. The van der Waals surface area contributed by atoms with Gasteiger partial charge in [-0.05, 0) is 63.7 Å². The smallest absolute Gasteiger partial charge is 0.330 e. The zero-order valence-corrected chi connectivity index (χ0v) is 14.3. The molecule has 0 aliphatic heterocycles. The van der Waals surface area contributed by atoms with Crippen LogP contribution in [0.15, 0.2) is 23.5 Å². The molecule has 0 heterocycles. The van der Waals surface area contributed by atoms with E-state index in [9.17, 15) is 4.79 Å². The predicted molar refractivity (Wildman–Crippen MR) is 84.9 cm³/mol. The molecule has 1 rings (SSSR count). The van der Waals surface area contributed by atoms with Crippen molar-refractivity contribution < 1.29 is 14.0 Å². The first kappa shape index (κ1) is 17.0. The highest BCUT2D eigenvalue weighted by atomic mass is 28.4. The second kappa shape index (κ2) is 8.30. The largest absolute Gasteiger partial charge is 0.547 e. The summed E-state index contributed by atoms with van der Waals surface area (Å²) in [6, 6.07) is 0. The number of esters is 1. The summed E-state index contributed by atoms with van der Waals surface area (Å²) < 4.78 is 10.8. The first-order valence-corrected chi connectivity index (χ1v) is 11.0. The van der Waals surface area contributed by atoms with Crippen molar-refractivity contribution in [1.82, 2.24) is 0 Å². The van der Waals surface area contributed by atoms with E-state index in [1.165, 1.54) is 43.8 Å². The van der Waals surface area contributed by atoms with Crippen LogP contribution in [-0.4, -0.2) is 21.4 Å². The number of ether oxygens (including phenoxy) is 1. The Morgan fingerprint density at radius 3 is 2.60 bits per heavy atom. The minimum atomic E-state index is -1.49. The molecular formula is C16H28O3Si. The fourth-order valence-electron chi connectivity index (χ4n) is 2.38. The fraction of sp³-hybridized carbons (Fsp3) is 0.688. The first-order chi connectivity index (χ1) is 9.42. The van der Waals surface area contributed by atoms with Crippen LogP contribution in [0.3, 0.4) is 0 Å². The quantitative estimate of drug-likeness (QED) is 0.299. The summed E-state index contributed by atoms with van der Waals surface area (Å²) in [5.74, 6) is 0.997. The van der Waals surface area contributed by atoms with E-state index in [4.69, 9.17) is 4.43 Å². The number of unbranched alkanes of at least 4 members (excludes halogenated alkanes) is 1. The molecule has 0 fully saturated rings. The second-order valence-electron chi connectivity index (χ2n) is 6.27. The number of methoxy groups -OCH3 is 1. The van der Waals surface area contributed by atoms with Crippen LogP contribution < -0.4 is 0 Å². The minimum Gasteiger partial charge on any atom is -0.547 e. The van der Waals surface area contributed by atoms with Crippen molar-refractivity contribution in [2.75, 3.05) is 7.11 Å². The van der Waals surface area contributed by atoms with E-state index in [0.717, 1.165) is 25.7 Å². The van der Waals surface area contributed by atoms with Crippen LogP contribution >= 0.6 is 0 Å². The molecule has 0 aromatic rings. The Balaban J connectivity index is 2.46. The zero-order chi connectivity index (χ0) is 15.0. The van der Waals surface area contributed by atoms with E-state index in [1.54, 1.807) is 0 Å². The van der Waals surface area contributed by atoms with Crippen LogP contribution in [0.25, 0.3) is 0 Å². The lowest BCUT2D eigenvalue weighted by atomic mass is 9.94. The Labute approximate surface area is 124 Å². The summed E-state index contributed by atoms with van der Waals surface area (Å²) in [7, 11) is -0.0914. The van der Waals surface area contributed by atoms with Gasteiger partial charge in [-0.2, -0.15) is 0 Å². The number of carbonyl (C=O) groups excluding carboxylic acids is 1. The van der Waals surface area contributed by atoms with Gasteiger partial charge in [0.2, 0.25) is 8.32 Å². The van der Waals surface area contributed by atoms with Gasteiger partial charge in [0.05, 0.1) is 12.9 Å². The third kappa shape index (κ3) is 6.94. The molecule has 1 aliphatic rings. The molecule has 0 atom stereocenters. The summed E-state index contributed by atoms with van der Waals surface area (Å²) in [5, 5.41) is 0. The van der Waals surface area contributed by atoms with Crippen molar-refractivity contribution in [2.45, 2.75) is 64.6 Å². The Hall–Kier alpha value is -1.03. The van der Waals surface area contributed by atoms with Crippen molar-refractivity contribution in [3.8, 4) is 0 Å². The van der Waals surface area contributed by atoms with Crippen LogP contribution in [0.4, 0.5) is 0 Å². The van der Waals surface area contributed by atoms with Crippen molar-refractivity contribution in [1.29, 1.82) is 0 Å². The van der Waals surface area contributed by atoms with Crippen LogP contribution in [0.2, 0.25) is 19.6 Å². The minimum absolute atomic E-state index is 0.273. The average molecular weight is 296 g/mol. The van der Waals surface area contributed by atoms with Gasteiger partial charge in [0.1, 0.15) is 0 Å². The Morgan fingerprint density at radius 2 is 1.95 bits per heavy atom. The third-order valence-electron chi connectivity index (χ3n) is 3.26. The van der Waals surface area contributed by atoms with Crippen molar-refractivity contribution in [2.24, 2.45) is 0 Å². The van der Waals surface area contributed by atoms with Crippen molar-refractivity contribution in [3.05, 3.63) is 23.5 Å². The number of allylic oxidation sites excluding steroid dienone is 3. The molecule has 0 spiro atoms. The summed E-state index contributed by atoms with van der Waals surface area (Å²) in [4.78, 5) is 11.0. The van der Waals surface area contributed by atoms with E-state index < -0.39 is 8.32 Å². The molecule has 0 unspecified atom stereocenters. The maximum Gasteiger partial charge on any atom is 0.330 e. The Bertz CT molecular complexity index is 378. The predicted octanol–water partition coefficient (Wildman–Crippen LogP) is 4.57.